The van der Waals surface area contributed by atoms with Gasteiger partial charge in [0.1, 0.15) is 17.7 Å². The first-order valence-electron chi connectivity index (χ1n) is 8.63. The number of nitrogens with zero attached hydrogens (tertiary/aromatic N) is 2. The number of fused-ring (bicyclic) bond motifs is 1. The Labute approximate surface area is 157 Å². The summed E-state index contributed by atoms with van der Waals surface area (Å²) in [4.78, 5) is 32.6. The fraction of sp³-hybridized carbons (Fsp3) is 0.368. The molecule has 2 amide bonds. The van der Waals surface area contributed by atoms with Crippen LogP contribution in [0.4, 0.5) is 16.3 Å². The van der Waals surface area contributed by atoms with E-state index in [0.717, 1.165) is 5.69 Å². The summed E-state index contributed by atoms with van der Waals surface area (Å²) in [6.07, 6.45) is 2.54. The van der Waals surface area contributed by atoms with Gasteiger partial charge >= 0.3 is 6.09 Å². The van der Waals surface area contributed by atoms with Crippen molar-refractivity contribution in [2.45, 2.75) is 38.8 Å². The molecule has 1 aliphatic rings. The van der Waals surface area contributed by atoms with Crippen molar-refractivity contribution >= 4 is 23.5 Å². The van der Waals surface area contributed by atoms with E-state index in [1.165, 1.54) is 6.33 Å². The minimum atomic E-state index is -0.811. The van der Waals surface area contributed by atoms with E-state index >= 15 is 0 Å². The summed E-state index contributed by atoms with van der Waals surface area (Å²) < 4.78 is 5.38. The molecule has 0 bridgehead atoms. The maximum absolute atomic E-state index is 12.3. The third kappa shape index (κ3) is 4.33. The topological polar surface area (TPSA) is 105 Å². The molecule has 142 valence electrons. The van der Waals surface area contributed by atoms with Crippen LogP contribution in [0.15, 0.2) is 36.8 Å². The SMILES string of the molecule is CC(C)(C)OC(=O)NC1(C)CNC(=O)c2ccc(Nc3ccncn3)cc21. The number of hydrogen-bond acceptors (Lipinski definition) is 6. The first kappa shape index (κ1) is 18.6. The lowest BCUT2D eigenvalue weighted by atomic mass is 9.84. The maximum Gasteiger partial charge on any atom is 0.408 e. The number of ether oxygens (including phenoxy) is 1. The van der Waals surface area contributed by atoms with Crippen LogP contribution in [0.5, 0.6) is 0 Å². The molecule has 1 atom stereocenters. The summed E-state index contributed by atoms with van der Waals surface area (Å²) in [5.41, 5.74) is 0.538. The van der Waals surface area contributed by atoms with E-state index in [1.54, 1.807) is 45.2 Å². The number of benzene rings is 1. The van der Waals surface area contributed by atoms with Crippen molar-refractivity contribution in [3.8, 4) is 0 Å². The highest BCUT2D eigenvalue weighted by Crippen LogP contribution is 2.31. The van der Waals surface area contributed by atoms with E-state index in [0.29, 0.717) is 16.9 Å². The molecule has 3 N–H and O–H groups in total. The fourth-order valence-corrected chi connectivity index (χ4v) is 2.88. The Morgan fingerprint density at radius 1 is 1.30 bits per heavy atom. The molecule has 2 aromatic rings. The maximum atomic E-state index is 12.3. The average Bonchev–Trinajstić information content (AvgIpc) is 2.58. The normalized spacial score (nSPS) is 18.9. The summed E-state index contributed by atoms with van der Waals surface area (Å²) in [7, 11) is 0. The highest BCUT2D eigenvalue weighted by atomic mass is 16.6. The predicted octanol–water partition coefficient (Wildman–Crippen LogP) is 2.70. The van der Waals surface area contributed by atoms with Crippen LogP contribution in [0.2, 0.25) is 0 Å². The minimum absolute atomic E-state index is 0.179. The second-order valence-corrected chi connectivity index (χ2v) is 7.62. The fourth-order valence-electron chi connectivity index (χ4n) is 2.88. The number of hydrogen-bond donors (Lipinski definition) is 3. The van der Waals surface area contributed by atoms with E-state index in [1.807, 2.05) is 13.0 Å². The summed E-state index contributed by atoms with van der Waals surface area (Å²) in [5.74, 6) is 0.453. The molecule has 8 nitrogen and oxygen atoms in total. The molecule has 27 heavy (non-hydrogen) atoms. The zero-order valence-electron chi connectivity index (χ0n) is 15.8. The lowest BCUT2D eigenvalue weighted by Gasteiger charge is -2.37. The molecule has 1 aromatic heterocycles. The molecule has 1 unspecified atom stereocenters. The number of amides is 2. The van der Waals surface area contributed by atoms with Gasteiger partial charge in [0.25, 0.3) is 5.91 Å². The molecule has 0 saturated heterocycles. The molecule has 0 radical (unpaired) electrons. The lowest BCUT2D eigenvalue weighted by molar-refractivity contribution is 0.0451. The highest BCUT2D eigenvalue weighted by Gasteiger charge is 2.38. The van der Waals surface area contributed by atoms with Gasteiger partial charge in [0.05, 0.1) is 5.54 Å². The van der Waals surface area contributed by atoms with Crippen LogP contribution in [-0.2, 0) is 10.3 Å². The van der Waals surface area contributed by atoms with Crippen LogP contribution < -0.4 is 16.0 Å². The van der Waals surface area contributed by atoms with E-state index in [2.05, 4.69) is 25.9 Å². The number of carbonyl (C=O) groups excluding carboxylic acids is 2. The van der Waals surface area contributed by atoms with Gasteiger partial charge in [-0.05, 0) is 57.5 Å². The number of nitrogens with one attached hydrogen (secondary N) is 3. The second-order valence-electron chi connectivity index (χ2n) is 7.62. The average molecular weight is 369 g/mol. The Morgan fingerprint density at radius 3 is 2.74 bits per heavy atom. The highest BCUT2D eigenvalue weighted by molar-refractivity contribution is 5.98. The van der Waals surface area contributed by atoms with Crippen molar-refractivity contribution in [3.05, 3.63) is 47.9 Å². The molecule has 0 fully saturated rings. The molecule has 0 spiro atoms. The molecule has 8 heteroatoms. The Morgan fingerprint density at radius 2 is 2.07 bits per heavy atom. The molecular weight excluding hydrogens is 346 g/mol. The van der Waals surface area contributed by atoms with Gasteiger partial charge in [0, 0.05) is 24.0 Å². The Bertz CT molecular complexity index is 863. The minimum Gasteiger partial charge on any atom is -0.444 e. The van der Waals surface area contributed by atoms with Gasteiger partial charge in [0.15, 0.2) is 0 Å². The quantitative estimate of drug-likeness (QED) is 0.768. The van der Waals surface area contributed by atoms with Gasteiger partial charge in [-0.3, -0.25) is 4.79 Å². The van der Waals surface area contributed by atoms with Crippen molar-refractivity contribution in [1.29, 1.82) is 0 Å². The van der Waals surface area contributed by atoms with Gasteiger partial charge < -0.3 is 20.7 Å². The number of rotatable bonds is 3. The van der Waals surface area contributed by atoms with Crippen molar-refractivity contribution in [2.24, 2.45) is 0 Å². The predicted molar refractivity (Wildman–Crippen MR) is 101 cm³/mol. The van der Waals surface area contributed by atoms with E-state index in [4.69, 9.17) is 4.74 Å². The van der Waals surface area contributed by atoms with E-state index in [-0.39, 0.29) is 12.5 Å². The Hall–Kier alpha value is -3.16. The van der Waals surface area contributed by atoms with Gasteiger partial charge in [-0.1, -0.05) is 0 Å². The molecular formula is C19H23N5O3. The third-order valence-electron chi connectivity index (χ3n) is 4.09. The van der Waals surface area contributed by atoms with Crippen LogP contribution in [-0.4, -0.2) is 34.1 Å². The van der Waals surface area contributed by atoms with Gasteiger partial charge in [0.2, 0.25) is 0 Å². The zero-order valence-corrected chi connectivity index (χ0v) is 15.8. The van der Waals surface area contributed by atoms with Crippen LogP contribution in [0.25, 0.3) is 0 Å². The Kier molecular flexibility index (Phi) is 4.73. The standard InChI is InChI=1S/C19H23N5O3/c1-18(2,3)27-17(26)24-19(4)10-21-16(25)13-6-5-12(9-14(13)19)23-15-7-8-20-11-22-15/h5-9,11H,10H2,1-4H3,(H,21,25)(H,24,26)(H,20,22,23). The molecule has 3 rings (SSSR count). The van der Waals surface area contributed by atoms with Crippen LogP contribution in [0, 0.1) is 0 Å². The number of carbonyl (C=O) groups is 2. The third-order valence-corrected chi connectivity index (χ3v) is 4.09. The van der Waals surface area contributed by atoms with Crippen LogP contribution >= 0.6 is 0 Å². The van der Waals surface area contributed by atoms with Crippen molar-refractivity contribution in [3.63, 3.8) is 0 Å². The summed E-state index contributed by atoms with van der Waals surface area (Å²) in [6, 6.07) is 7.10. The number of anilines is 2. The zero-order chi connectivity index (χ0) is 19.7. The number of alkyl carbamates (subject to hydrolysis) is 1. The van der Waals surface area contributed by atoms with Crippen molar-refractivity contribution in [2.75, 3.05) is 11.9 Å². The van der Waals surface area contributed by atoms with Crippen molar-refractivity contribution in [1.82, 2.24) is 20.6 Å². The molecule has 1 aliphatic heterocycles. The van der Waals surface area contributed by atoms with E-state index in [9.17, 15) is 9.59 Å². The monoisotopic (exact) mass is 369 g/mol. The van der Waals surface area contributed by atoms with Crippen molar-refractivity contribution < 1.29 is 14.3 Å². The van der Waals surface area contributed by atoms with Gasteiger partial charge in [-0.2, -0.15) is 0 Å². The largest absolute Gasteiger partial charge is 0.444 e. The second kappa shape index (κ2) is 6.86. The van der Waals surface area contributed by atoms with Gasteiger partial charge in [-0.25, -0.2) is 14.8 Å². The summed E-state index contributed by atoms with van der Waals surface area (Å²) in [5, 5.41) is 8.88. The first-order valence-corrected chi connectivity index (χ1v) is 8.63. The summed E-state index contributed by atoms with van der Waals surface area (Å²) in [6.45, 7) is 7.51. The van der Waals surface area contributed by atoms with E-state index < -0.39 is 17.2 Å². The molecule has 1 aromatic carbocycles. The molecule has 0 saturated carbocycles. The smallest absolute Gasteiger partial charge is 0.408 e. The molecule has 2 heterocycles. The lowest BCUT2D eigenvalue weighted by Crippen LogP contribution is -2.56. The number of aromatic nitrogens is 2. The van der Waals surface area contributed by atoms with Crippen LogP contribution in [0.1, 0.15) is 43.6 Å². The van der Waals surface area contributed by atoms with Gasteiger partial charge in [-0.15, -0.1) is 0 Å². The van der Waals surface area contributed by atoms with Crippen LogP contribution in [0.3, 0.4) is 0 Å². The Balaban J connectivity index is 1.91. The first-order chi connectivity index (χ1) is 12.7. The molecule has 0 aliphatic carbocycles. The summed E-state index contributed by atoms with van der Waals surface area (Å²) >= 11 is 0.